The van der Waals surface area contributed by atoms with Crippen LogP contribution in [-0.2, 0) is 11.2 Å². The van der Waals surface area contributed by atoms with Gasteiger partial charge in [0.2, 0.25) is 0 Å². The molecule has 1 unspecified atom stereocenters. The van der Waals surface area contributed by atoms with E-state index >= 15 is 0 Å². The summed E-state index contributed by atoms with van der Waals surface area (Å²) in [6, 6.07) is 7.88. The molecule has 0 radical (unpaired) electrons. The van der Waals surface area contributed by atoms with E-state index in [4.69, 9.17) is 0 Å². The summed E-state index contributed by atoms with van der Waals surface area (Å²) in [5.74, 6) is 0. The van der Waals surface area contributed by atoms with Crippen molar-refractivity contribution in [2.24, 2.45) is 0 Å². The van der Waals surface area contributed by atoms with Crippen molar-refractivity contribution in [1.82, 2.24) is 10.3 Å². The van der Waals surface area contributed by atoms with E-state index in [9.17, 15) is 4.79 Å². The van der Waals surface area contributed by atoms with E-state index in [2.05, 4.69) is 28.6 Å². The van der Waals surface area contributed by atoms with Crippen LogP contribution in [0.5, 0.6) is 0 Å². The molecule has 0 saturated heterocycles. The molecule has 16 heavy (non-hydrogen) atoms. The molecule has 2 aromatic rings. The first kappa shape index (κ1) is 10.8. The minimum absolute atomic E-state index is 0.242. The van der Waals surface area contributed by atoms with Gasteiger partial charge in [0.1, 0.15) is 6.29 Å². The molecule has 2 rings (SSSR count). The molecule has 1 aromatic heterocycles. The number of thiocarbonyl (C=S) groups is 1. The number of rotatable bonds is 5. The number of hydrogen-bond donors (Lipinski definition) is 2. The zero-order chi connectivity index (χ0) is 11.4. The van der Waals surface area contributed by atoms with Crippen LogP contribution in [0.2, 0.25) is 0 Å². The number of carbonyl (C=O) groups is 1. The molecule has 0 bridgehead atoms. The molecule has 0 fully saturated rings. The van der Waals surface area contributed by atoms with Gasteiger partial charge in [0.05, 0.1) is 11.5 Å². The molecular formula is C12H12N2OS. The highest BCUT2D eigenvalue weighted by Crippen LogP contribution is 2.15. The Labute approximate surface area is 98.9 Å². The van der Waals surface area contributed by atoms with E-state index in [1.54, 1.807) is 0 Å². The highest BCUT2D eigenvalue weighted by molar-refractivity contribution is 7.78. The van der Waals surface area contributed by atoms with Gasteiger partial charge in [-0.3, -0.25) is 0 Å². The van der Waals surface area contributed by atoms with Gasteiger partial charge in [-0.15, -0.1) is 0 Å². The smallest absolute Gasteiger partial charge is 0.142 e. The van der Waals surface area contributed by atoms with Crippen molar-refractivity contribution in [3.63, 3.8) is 0 Å². The number of aromatic nitrogens is 1. The summed E-state index contributed by atoms with van der Waals surface area (Å²) in [7, 11) is 0. The molecule has 82 valence electrons. The van der Waals surface area contributed by atoms with Gasteiger partial charge in [0.15, 0.2) is 0 Å². The lowest BCUT2D eigenvalue weighted by molar-refractivity contribution is -0.109. The average Bonchev–Trinajstić information content (AvgIpc) is 2.75. The maximum Gasteiger partial charge on any atom is 0.142 e. The number of hydrogen-bond acceptors (Lipinski definition) is 2. The molecule has 1 atom stereocenters. The van der Waals surface area contributed by atoms with Gasteiger partial charge in [-0.2, -0.15) is 0 Å². The molecule has 1 aromatic carbocycles. The second kappa shape index (κ2) is 4.90. The van der Waals surface area contributed by atoms with Crippen molar-refractivity contribution >= 4 is 34.9 Å². The minimum atomic E-state index is -0.242. The standard InChI is InChI=1S/C12H12N2OS/c15-7-11(14-8-16)6-9-1-2-12-10(5-9)3-4-13-12/h1-5,7-8,11,13H,6H2,(H,14,16). The third-order valence-electron chi connectivity index (χ3n) is 2.52. The number of benzene rings is 1. The summed E-state index contributed by atoms with van der Waals surface area (Å²) in [5, 5.41) is 3.99. The van der Waals surface area contributed by atoms with Crippen LogP contribution in [0.3, 0.4) is 0 Å². The molecule has 3 nitrogen and oxygen atoms in total. The molecular weight excluding hydrogens is 220 g/mol. The van der Waals surface area contributed by atoms with E-state index in [1.807, 2.05) is 24.4 Å². The van der Waals surface area contributed by atoms with Crippen LogP contribution in [0.1, 0.15) is 5.56 Å². The molecule has 4 heteroatoms. The fourth-order valence-electron chi connectivity index (χ4n) is 1.72. The van der Waals surface area contributed by atoms with Crippen LogP contribution in [0.4, 0.5) is 0 Å². The number of H-pyrrole nitrogens is 1. The number of aldehydes is 1. The van der Waals surface area contributed by atoms with E-state index in [0.29, 0.717) is 6.42 Å². The fourth-order valence-corrected chi connectivity index (χ4v) is 1.89. The normalized spacial score (nSPS) is 12.2. The highest BCUT2D eigenvalue weighted by atomic mass is 32.1. The summed E-state index contributed by atoms with van der Waals surface area (Å²) >= 11 is 4.67. The van der Waals surface area contributed by atoms with Gasteiger partial charge >= 0.3 is 0 Å². The van der Waals surface area contributed by atoms with Crippen molar-refractivity contribution in [3.05, 3.63) is 36.0 Å². The quantitative estimate of drug-likeness (QED) is 0.610. The Balaban J connectivity index is 2.19. The molecule has 1 heterocycles. The van der Waals surface area contributed by atoms with E-state index < -0.39 is 0 Å². The summed E-state index contributed by atoms with van der Waals surface area (Å²) in [6.07, 6.45) is 3.43. The minimum Gasteiger partial charge on any atom is -0.372 e. The van der Waals surface area contributed by atoms with Crippen molar-refractivity contribution in [3.8, 4) is 0 Å². The third-order valence-corrected chi connectivity index (χ3v) is 2.66. The maximum absolute atomic E-state index is 10.8. The second-order valence-corrected chi connectivity index (χ2v) is 3.87. The Morgan fingerprint density at radius 1 is 1.44 bits per heavy atom. The number of aromatic amines is 1. The first-order valence-corrected chi connectivity index (χ1v) is 5.51. The van der Waals surface area contributed by atoms with Crippen molar-refractivity contribution in [1.29, 1.82) is 0 Å². The van der Waals surface area contributed by atoms with Gasteiger partial charge in [0.25, 0.3) is 0 Å². The van der Waals surface area contributed by atoms with Gasteiger partial charge in [-0.05, 0) is 35.6 Å². The third kappa shape index (κ3) is 2.28. The Morgan fingerprint density at radius 2 is 2.31 bits per heavy atom. The first-order valence-electron chi connectivity index (χ1n) is 5.04. The van der Waals surface area contributed by atoms with Crippen LogP contribution in [0.15, 0.2) is 30.5 Å². The molecule has 2 N–H and O–H groups in total. The number of nitrogens with one attached hydrogen (secondary N) is 2. The topological polar surface area (TPSA) is 44.9 Å². The predicted octanol–water partition coefficient (Wildman–Crippen LogP) is 1.82. The van der Waals surface area contributed by atoms with Gasteiger partial charge in [-0.1, -0.05) is 18.3 Å². The fraction of sp³-hybridized carbons (Fsp3) is 0.167. The average molecular weight is 232 g/mol. The van der Waals surface area contributed by atoms with Gasteiger partial charge < -0.3 is 15.1 Å². The van der Waals surface area contributed by atoms with Gasteiger partial charge in [-0.25, -0.2) is 0 Å². The molecule has 0 aliphatic heterocycles. The summed E-state index contributed by atoms with van der Waals surface area (Å²) in [5.41, 5.74) is 3.61. The molecule has 0 spiro atoms. The molecule has 0 aliphatic rings. The van der Waals surface area contributed by atoms with Gasteiger partial charge in [0, 0.05) is 11.7 Å². The molecule has 0 amide bonds. The zero-order valence-electron chi connectivity index (χ0n) is 8.64. The second-order valence-electron chi connectivity index (χ2n) is 3.63. The number of fused-ring (bicyclic) bond motifs is 1. The molecule has 0 saturated carbocycles. The summed E-state index contributed by atoms with van der Waals surface area (Å²) in [6.45, 7) is 0. The lowest BCUT2D eigenvalue weighted by atomic mass is 10.1. The van der Waals surface area contributed by atoms with Crippen LogP contribution >= 0.6 is 12.2 Å². The van der Waals surface area contributed by atoms with Crippen molar-refractivity contribution < 1.29 is 4.79 Å². The maximum atomic E-state index is 10.8. The number of carbonyl (C=O) groups excluding carboxylic acids is 1. The van der Waals surface area contributed by atoms with Crippen LogP contribution < -0.4 is 5.32 Å². The van der Waals surface area contributed by atoms with E-state index in [0.717, 1.165) is 22.8 Å². The molecule has 0 aliphatic carbocycles. The lowest BCUT2D eigenvalue weighted by Gasteiger charge is -2.09. The predicted molar refractivity (Wildman–Crippen MR) is 68.6 cm³/mol. The SMILES string of the molecule is O=CC(Cc1ccc2[nH]ccc2c1)NC=S. The first-order chi connectivity index (χ1) is 7.83. The lowest BCUT2D eigenvalue weighted by Crippen LogP contribution is -2.30. The largest absolute Gasteiger partial charge is 0.372 e. The summed E-state index contributed by atoms with van der Waals surface area (Å²) < 4.78 is 0. The Bertz CT molecular complexity index is 506. The Morgan fingerprint density at radius 3 is 3.06 bits per heavy atom. The van der Waals surface area contributed by atoms with Crippen LogP contribution in [0, 0.1) is 0 Å². The highest BCUT2D eigenvalue weighted by Gasteiger charge is 2.06. The van der Waals surface area contributed by atoms with Crippen molar-refractivity contribution in [2.45, 2.75) is 12.5 Å². The Kier molecular flexibility index (Phi) is 3.31. The van der Waals surface area contributed by atoms with Crippen LogP contribution in [-0.4, -0.2) is 22.8 Å². The Hall–Kier alpha value is -1.68. The van der Waals surface area contributed by atoms with E-state index in [-0.39, 0.29) is 6.04 Å². The van der Waals surface area contributed by atoms with Crippen LogP contribution in [0.25, 0.3) is 10.9 Å². The van der Waals surface area contributed by atoms with E-state index in [1.165, 1.54) is 5.49 Å². The summed E-state index contributed by atoms with van der Waals surface area (Å²) in [4.78, 5) is 13.9. The monoisotopic (exact) mass is 232 g/mol. The van der Waals surface area contributed by atoms with Crippen molar-refractivity contribution in [2.75, 3.05) is 0 Å². The zero-order valence-corrected chi connectivity index (χ0v) is 9.46.